The number of amides is 2. The summed E-state index contributed by atoms with van der Waals surface area (Å²) in [4.78, 5) is 22.6. The van der Waals surface area contributed by atoms with Gasteiger partial charge < -0.3 is 16.4 Å². The van der Waals surface area contributed by atoms with Gasteiger partial charge in [-0.25, -0.2) is 0 Å². The van der Waals surface area contributed by atoms with Crippen LogP contribution < -0.4 is 16.4 Å². The van der Waals surface area contributed by atoms with Gasteiger partial charge in [-0.15, -0.1) is 0 Å². The van der Waals surface area contributed by atoms with Crippen LogP contribution in [0.15, 0.2) is 18.2 Å². The second-order valence-corrected chi connectivity index (χ2v) is 4.87. The van der Waals surface area contributed by atoms with E-state index in [9.17, 15) is 9.59 Å². The van der Waals surface area contributed by atoms with Gasteiger partial charge in [-0.2, -0.15) is 0 Å². The molecule has 0 fully saturated rings. The van der Waals surface area contributed by atoms with E-state index < -0.39 is 6.04 Å². The first kappa shape index (κ1) is 13.5. The standard InChI is InChI=1S/C14H19N3O2/c1-9(15)14(19)16-7-6-10-2-4-12-11(8-10)3-5-13(18)17-12/h2,4,8-9H,3,5-7,15H2,1H3,(H,16,19)(H,17,18). The second kappa shape index (κ2) is 5.84. The molecule has 1 aromatic carbocycles. The van der Waals surface area contributed by atoms with Gasteiger partial charge in [0.25, 0.3) is 0 Å². The first-order valence-corrected chi connectivity index (χ1v) is 6.51. The summed E-state index contributed by atoms with van der Waals surface area (Å²) in [6.45, 7) is 2.24. The summed E-state index contributed by atoms with van der Waals surface area (Å²) >= 11 is 0. The number of nitrogens with one attached hydrogen (secondary N) is 2. The van der Waals surface area contributed by atoms with Gasteiger partial charge in [0.05, 0.1) is 6.04 Å². The molecule has 1 atom stereocenters. The highest BCUT2D eigenvalue weighted by Gasteiger charge is 2.14. The molecule has 19 heavy (non-hydrogen) atoms. The van der Waals surface area contributed by atoms with Gasteiger partial charge in [-0.3, -0.25) is 9.59 Å². The Balaban J connectivity index is 1.92. The van der Waals surface area contributed by atoms with E-state index in [2.05, 4.69) is 16.7 Å². The highest BCUT2D eigenvalue weighted by Crippen LogP contribution is 2.23. The van der Waals surface area contributed by atoms with Crippen LogP contribution in [0.2, 0.25) is 0 Å². The zero-order chi connectivity index (χ0) is 13.8. The molecule has 5 heteroatoms. The first-order valence-electron chi connectivity index (χ1n) is 6.51. The zero-order valence-corrected chi connectivity index (χ0v) is 11.0. The van der Waals surface area contributed by atoms with E-state index in [4.69, 9.17) is 5.73 Å². The average molecular weight is 261 g/mol. The predicted octanol–water partition coefficient (Wildman–Crippen LogP) is 0.577. The summed E-state index contributed by atoms with van der Waals surface area (Å²) in [6, 6.07) is 5.52. The fraction of sp³-hybridized carbons (Fsp3) is 0.429. The molecule has 0 aromatic heterocycles. The summed E-state index contributed by atoms with van der Waals surface area (Å²) in [5.74, 6) is -0.0605. The monoisotopic (exact) mass is 261 g/mol. The molecular formula is C14H19N3O2. The van der Waals surface area contributed by atoms with E-state index in [1.165, 1.54) is 0 Å². The van der Waals surface area contributed by atoms with Crippen LogP contribution in [0.1, 0.15) is 24.5 Å². The fourth-order valence-corrected chi connectivity index (χ4v) is 2.08. The second-order valence-electron chi connectivity index (χ2n) is 4.87. The lowest BCUT2D eigenvalue weighted by Crippen LogP contribution is -2.39. The maximum atomic E-state index is 11.3. The Labute approximate surface area is 112 Å². The molecule has 102 valence electrons. The molecule has 1 unspecified atom stereocenters. The van der Waals surface area contributed by atoms with Crippen LogP contribution in [0.4, 0.5) is 5.69 Å². The van der Waals surface area contributed by atoms with E-state index in [1.807, 2.05) is 12.1 Å². The molecule has 1 heterocycles. The average Bonchev–Trinajstić information content (AvgIpc) is 2.38. The van der Waals surface area contributed by atoms with Crippen LogP contribution in [-0.4, -0.2) is 24.4 Å². The van der Waals surface area contributed by atoms with Gasteiger partial charge in [0.15, 0.2) is 0 Å². The number of hydrogen-bond acceptors (Lipinski definition) is 3. The molecule has 0 radical (unpaired) electrons. The molecule has 1 aromatic rings. The maximum absolute atomic E-state index is 11.3. The SMILES string of the molecule is CC(N)C(=O)NCCc1ccc2c(c1)CCC(=O)N2. The highest BCUT2D eigenvalue weighted by atomic mass is 16.2. The Bertz CT molecular complexity index is 497. The van der Waals surface area contributed by atoms with Crippen molar-refractivity contribution in [3.05, 3.63) is 29.3 Å². The lowest BCUT2D eigenvalue weighted by atomic mass is 9.99. The lowest BCUT2D eigenvalue weighted by molar-refractivity contribution is -0.122. The lowest BCUT2D eigenvalue weighted by Gasteiger charge is -2.17. The first-order chi connectivity index (χ1) is 9.06. The number of nitrogens with two attached hydrogens (primary N) is 1. The molecular weight excluding hydrogens is 242 g/mol. The zero-order valence-electron chi connectivity index (χ0n) is 11.0. The van der Waals surface area contributed by atoms with E-state index in [1.54, 1.807) is 6.92 Å². The van der Waals surface area contributed by atoms with Crippen molar-refractivity contribution >= 4 is 17.5 Å². The summed E-state index contributed by atoms with van der Waals surface area (Å²) in [5.41, 5.74) is 8.68. The molecule has 4 N–H and O–H groups in total. The molecule has 1 aliphatic rings. The van der Waals surface area contributed by atoms with Crippen molar-refractivity contribution < 1.29 is 9.59 Å². The minimum absolute atomic E-state index is 0.0736. The number of benzene rings is 1. The smallest absolute Gasteiger partial charge is 0.236 e. The van der Waals surface area contributed by atoms with Crippen molar-refractivity contribution in [2.75, 3.05) is 11.9 Å². The van der Waals surface area contributed by atoms with Crippen LogP contribution in [0.3, 0.4) is 0 Å². The summed E-state index contributed by atoms with van der Waals surface area (Å²) < 4.78 is 0. The van der Waals surface area contributed by atoms with Gasteiger partial charge in [0, 0.05) is 18.7 Å². The number of carbonyl (C=O) groups is 2. The summed E-state index contributed by atoms with van der Waals surface area (Å²) in [6.07, 6.45) is 2.08. The topological polar surface area (TPSA) is 84.2 Å². The molecule has 0 saturated heterocycles. The van der Waals surface area contributed by atoms with Crippen LogP contribution in [0.25, 0.3) is 0 Å². The van der Waals surface area contributed by atoms with Crippen LogP contribution in [0.5, 0.6) is 0 Å². The Hall–Kier alpha value is -1.88. The van der Waals surface area contributed by atoms with Gasteiger partial charge in [0.1, 0.15) is 0 Å². The Morgan fingerprint density at radius 3 is 3.00 bits per heavy atom. The number of anilines is 1. The van der Waals surface area contributed by atoms with E-state index in [0.29, 0.717) is 13.0 Å². The fourth-order valence-electron chi connectivity index (χ4n) is 2.08. The quantitative estimate of drug-likeness (QED) is 0.741. The normalized spacial score (nSPS) is 15.4. The number of fused-ring (bicyclic) bond motifs is 1. The van der Waals surface area contributed by atoms with E-state index in [0.717, 1.165) is 29.7 Å². The van der Waals surface area contributed by atoms with Gasteiger partial charge in [-0.05, 0) is 37.0 Å². The Morgan fingerprint density at radius 1 is 1.47 bits per heavy atom. The number of hydrogen-bond donors (Lipinski definition) is 3. The van der Waals surface area contributed by atoms with Crippen LogP contribution in [-0.2, 0) is 22.4 Å². The molecule has 0 aliphatic carbocycles. The molecule has 0 spiro atoms. The minimum atomic E-state index is -0.473. The van der Waals surface area contributed by atoms with Crippen molar-refractivity contribution in [3.63, 3.8) is 0 Å². The van der Waals surface area contributed by atoms with Gasteiger partial charge in [-0.1, -0.05) is 12.1 Å². The molecule has 5 nitrogen and oxygen atoms in total. The van der Waals surface area contributed by atoms with Crippen LogP contribution in [0, 0.1) is 0 Å². The third-order valence-electron chi connectivity index (χ3n) is 3.19. The van der Waals surface area contributed by atoms with Crippen molar-refractivity contribution in [1.82, 2.24) is 5.32 Å². The van der Waals surface area contributed by atoms with Crippen molar-refractivity contribution in [2.45, 2.75) is 32.2 Å². The largest absolute Gasteiger partial charge is 0.354 e. The maximum Gasteiger partial charge on any atom is 0.236 e. The summed E-state index contributed by atoms with van der Waals surface area (Å²) in [7, 11) is 0. The third-order valence-corrected chi connectivity index (χ3v) is 3.19. The molecule has 1 aliphatic heterocycles. The Morgan fingerprint density at radius 2 is 2.26 bits per heavy atom. The molecule has 2 amide bonds. The number of rotatable bonds is 4. The Kier molecular flexibility index (Phi) is 4.16. The van der Waals surface area contributed by atoms with E-state index >= 15 is 0 Å². The van der Waals surface area contributed by atoms with Gasteiger partial charge in [0.2, 0.25) is 11.8 Å². The highest BCUT2D eigenvalue weighted by molar-refractivity contribution is 5.93. The third kappa shape index (κ3) is 3.54. The summed E-state index contributed by atoms with van der Waals surface area (Å²) in [5, 5.41) is 5.64. The molecule has 0 bridgehead atoms. The van der Waals surface area contributed by atoms with Crippen molar-refractivity contribution in [3.8, 4) is 0 Å². The van der Waals surface area contributed by atoms with Crippen molar-refractivity contribution in [2.24, 2.45) is 5.73 Å². The molecule has 0 saturated carbocycles. The van der Waals surface area contributed by atoms with Crippen molar-refractivity contribution in [1.29, 1.82) is 0 Å². The van der Waals surface area contributed by atoms with Crippen LogP contribution >= 0.6 is 0 Å². The predicted molar refractivity (Wildman–Crippen MR) is 73.8 cm³/mol. The number of aryl methyl sites for hydroxylation is 1. The van der Waals surface area contributed by atoms with Gasteiger partial charge >= 0.3 is 0 Å². The number of carbonyl (C=O) groups excluding carboxylic acids is 2. The van der Waals surface area contributed by atoms with E-state index in [-0.39, 0.29) is 11.8 Å². The minimum Gasteiger partial charge on any atom is -0.354 e. The molecule has 2 rings (SSSR count).